The molecule has 0 N–H and O–H groups in total. The molecule has 0 nitrogen and oxygen atoms in total. The Kier molecular flexibility index (Phi) is 23.3. The standard InChI is InChI=1S/C10H23P.2ClH/c1-3-5-6-7-9-10(11)8-4-2;;/h10H,3-9,11H2,1-2H3;2*1H/p+1. The molecule has 0 saturated carbocycles. The first-order valence-corrected chi connectivity index (χ1v) is 5.96. The second kappa shape index (κ2) is 15.5. The molecule has 0 radical (unpaired) electrons. The van der Waals surface area contributed by atoms with Crippen LogP contribution in [0, 0.1) is 0 Å². The van der Waals surface area contributed by atoms with Gasteiger partial charge in [-0.15, -0.1) is 24.8 Å². The Bertz CT molecular complexity index is 79.3. The normalized spacial score (nSPS) is 11.5. The van der Waals surface area contributed by atoms with Crippen LogP contribution >= 0.6 is 34.1 Å². The van der Waals surface area contributed by atoms with E-state index in [0.717, 1.165) is 5.66 Å². The van der Waals surface area contributed by atoms with E-state index in [1.54, 1.807) is 0 Å². The molecule has 0 aliphatic rings. The summed E-state index contributed by atoms with van der Waals surface area (Å²) in [6.07, 6.45) is 9.97. The molecule has 0 rings (SSSR count). The van der Waals surface area contributed by atoms with E-state index in [0.29, 0.717) is 0 Å². The molecule has 0 aliphatic carbocycles. The van der Waals surface area contributed by atoms with E-state index in [1.165, 1.54) is 44.9 Å². The summed E-state index contributed by atoms with van der Waals surface area (Å²) in [6, 6.07) is 0. The highest BCUT2D eigenvalue weighted by Gasteiger charge is 2.03. The summed E-state index contributed by atoms with van der Waals surface area (Å²) >= 11 is 0. The molecular weight excluding hydrogens is 222 g/mol. The van der Waals surface area contributed by atoms with E-state index in [2.05, 4.69) is 23.1 Å². The minimum atomic E-state index is 0. The molecule has 0 aromatic rings. The zero-order valence-electron chi connectivity index (χ0n) is 9.05. The van der Waals surface area contributed by atoms with Crippen LogP contribution in [0.4, 0.5) is 0 Å². The molecule has 0 amide bonds. The molecule has 0 aromatic carbocycles. The third kappa shape index (κ3) is 15.7. The monoisotopic (exact) mass is 247 g/mol. The molecule has 0 fully saturated rings. The second-order valence-corrected chi connectivity index (χ2v) is 4.66. The molecule has 0 bridgehead atoms. The Morgan fingerprint density at radius 2 is 1.46 bits per heavy atom. The largest absolute Gasteiger partial charge is 0.147 e. The van der Waals surface area contributed by atoms with E-state index in [-0.39, 0.29) is 24.8 Å². The fourth-order valence-electron chi connectivity index (χ4n) is 1.41. The lowest BCUT2D eigenvalue weighted by atomic mass is 10.1. The number of hydrogen-bond acceptors (Lipinski definition) is 0. The summed E-state index contributed by atoms with van der Waals surface area (Å²) in [7, 11) is 2.19. The molecule has 3 heteroatoms. The maximum Gasteiger partial charge on any atom is 0.0630 e. The maximum atomic E-state index is 2.28. The summed E-state index contributed by atoms with van der Waals surface area (Å²) in [5, 5.41) is 0. The lowest BCUT2D eigenvalue weighted by Gasteiger charge is -2.04. The SMILES string of the molecule is CCCCCCC([PH3+])CCC.Cl.Cl. The van der Waals surface area contributed by atoms with Crippen LogP contribution in [0.15, 0.2) is 0 Å². The van der Waals surface area contributed by atoms with Gasteiger partial charge >= 0.3 is 0 Å². The zero-order valence-corrected chi connectivity index (χ0v) is 12.1. The van der Waals surface area contributed by atoms with Gasteiger partial charge in [0.15, 0.2) is 0 Å². The number of rotatable bonds is 7. The molecule has 0 heterocycles. The third-order valence-corrected chi connectivity index (χ3v) is 2.98. The molecule has 0 spiro atoms. The summed E-state index contributed by atoms with van der Waals surface area (Å²) in [5.74, 6) is 0. The molecule has 84 valence electrons. The number of unbranched alkanes of at least 4 members (excludes halogenated alkanes) is 3. The summed E-state index contributed by atoms with van der Waals surface area (Å²) in [4.78, 5) is 0. The van der Waals surface area contributed by atoms with Crippen molar-refractivity contribution in [2.45, 2.75) is 64.5 Å². The van der Waals surface area contributed by atoms with E-state index < -0.39 is 0 Å². The second-order valence-electron chi connectivity index (χ2n) is 3.50. The van der Waals surface area contributed by atoms with Crippen molar-refractivity contribution in [3.8, 4) is 0 Å². The molecule has 2 unspecified atom stereocenters. The quantitative estimate of drug-likeness (QED) is 0.457. The van der Waals surface area contributed by atoms with E-state index >= 15 is 0 Å². The predicted octanol–water partition coefficient (Wildman–Crippen LogP) is 4.58. The van der Waals surface area contributed by atoms with Crippen molar-refractivity contribution in [2.75, 3.05) is 0 Å². The van der Waals surface area contributed by atoms with Gasteiger partial charge in [0, 0.05) is 0 Å². The fourth-order valence-corrected chi connectivity index (χ4v) is 2.11. The molecule has 13 heavy (non-hydrogen) atoms. The molecular formula is C10H26Cl2P+. The zero-order chi connectivity index (χ0) is 8.53. The summed E-state index contributed by atoms with van der Waals surface area (Å²) < 4.78 is 0. The van der Waals surface area contributed by atoms with Gasteiger partial charge in [-0.3, -0.25) is 0 Å². The van der Waals surface area contributed by atoms with Gasteiger partial charge < -0.3 is 0 Å². The maximum absolute atomic E-state index is 2.28. The van der Waals surface area contributed by atoms with Crippen LogP contribution in [0.2, 0.25) is 0 Å². The first-order valence-electron chi connectivity index (χ1n) is 5.14. The summed E-state index contributed by atoms with van der Waals surface area (Å²) in [5.41, 5.74) is 0.997. The highest BCUT2D eigenvalue weighted by atomic mass is 35.5. The van der Waals surface area contributed by atoms with Crippen molar-refractivity contribution in [2.24, 2.45) is 0 Å². The Labute approximate surface area is 98.7 Å². The van der Waals surface area contributed by atoms with Crippen LogP contribution < -0.4 is 0 Å². The Morgan fingerprint density at radius 1 is 0.846 bits per heavy atom. The van der Waals surface area contributed by atoms with Crippen molar-refractivity contribution in [3.05, 3.63) is 0 Å². The number of hydrogen-bond donors (Lipinski definition) is 0. The van der Waals surface area contributed by atoms with Crippen molar-refractivity contribution < 1.29 is 0 Å². The van der Waals surface area contributed by atoms with Crippen LogP contribution in [-0.2, 0) is 0 Å². The van der Waals surface area contributed by atoms with Crippen molar-refractivity contribution in [1.29, 1.82) is 0 Å². The lowest BCUT2D eigenvalue weighted by molar-refractivity contribution is 0.595. The van der Waals surface area contributed by atoms with Crippen LogP contribution in [0.3, 0.4) is 0 Å². The molecule has 0 aliphatic heterocycles. The predicted molar refractivity (Wildman–Crippen MR) is 73.1 cm³/mol. The lowest BCUT2D eigenvalue weighted by Crippen LogP contribution is -1.95. The van der Waals surface area contributed by atoms with Gasteiger partial charge in [-0.25, -0.2) is 0 Å². The van der Waals surface area contributed by atoms with E-state index in [1.807, 2.05) is 0 Å². The molecule has 0 saturated heterocycles. The first kappa shape index (κ1) is 19.6. The highest BCUT2D eigenvalue weighted by Crippen LogP contribution is 2.16. The van der Waals surface area contributed by atoms with Crippen molar-refractivity contribution >= 4 is 34.1 Å². The topological polar surface area (TPSA) is 0 Å². The fraction of sp³-hybridized carbons (Fsp3) is 1.00. The molecule has 2 atom stereocenters. The van der Waals surface area contributed by atoms with Crippen LogP contribution in [0.1, 0.15) is 58.8 Å². The van der Waals surface area contributed by atoms with Gasteiger partial charge in [-0.05, 0) is 28.5 Å². The Balaban J connectivity index is -0.000000500. The minimum Gasteiger partial charge on any atom is -0.147 e. The highest BCUT2D eigenvalue weighted by molar-refractivity contribution is 7.17. The number of halogens is 2. The van der Waals surface area contributed by atoms with Gasteiger partial charge in [0.1, 0.15) is 0 Å². The van der Waals surface area contributed by atoms with Gasteiger partial charge in [0.05, 0.1) is 5.66 Å². The van der Waals surface area contributed by atoms with E-state index in [4.69, 9.17) is 0 Å². The minimum absolute atomic E-state index is 0. The average Bonchev–Trinajstić information content (AvgIpc) is 1.99. The summed E-state index contributed by atoms with van der Waals surface area (Å²) in [6.45, 7) is 4.56. The first-order chi connectivity index (χ1) is 5.31. The van der Waals surface area contributed by atoms with Gasteiger partial charge in [-0.1, -0.05) is 39.5 Å². The van der Waals surface area contributed by atoms with E-state index in [9.17, 15) is 0 Å². The average molecular weight is 248 g/mol. The van der Waals surface area contributed by atoms with Gasteiger partial charge in [0.25, 0.3) is 0 Å². The molecule has 0 aromatic heterocycles. The van der Waals surface area contributed by atoms with Crippen LogP contribution in [-0.4, -0.2) is 5.66 Å². The van der Waals surface area contributed by atoms with Crippen molar-refractivity contribution in [3.63, 3.8) is 0 Å². The smallest absolute Gasteiger partial charge is 0.0630 e. The Morgan fingerprint density at radius 3 is 1.92 bits per heavy atom. The van der Waals surface area contributed by atoms with Gasteiger partial charge in [-0.2, -0.15) is 0 Å². The third-order valence-electron chi connectivity index (χ3n) is 2.16. The van der Waals surface area contributed by atoms with Crippen molar-refractivity contribution in [1.82, 2.24) is 0 Å². The van der Waals surface area contributed by atoms with Crippen LogP contribution in [0.25, 0.3) is 0 Å². The van der Waals surface area contributed by atoms with Gasteiger partial charge in [0.2, 0.25) is 0 Å². The Hall–Kier alpha value is 1.01. The van der Waals surface area contributed by atoms with Crippen LogP contribution in [0.5, 0.6) is 0 Å².